The predicted molar refractivity (Wildman–Crippen MR) is 118 cm³/mol. The second-order valence-electron chi connectivity index (χ2n) is 7.94. The van der Waals surface area contributed by atoms with Gasteiger partial charge in [-0.05, 0) is 39.5 Å². The molecule has 176 valence electrons. The number of nitrogens with one attached hydrogen (secondary N) is 2. The molecule has 1 aliphatic carbocycles. The van der Waals surface area contributed by atoms with Gasteiger partial charge in [0.25, 0.3) is 5.91 Å². The van der Waals surface area contributed by atoms with Crippen LogP contribution in [0.15, 0.2) is 53.2 Å². The number of amides is 2. The first-order valence-electron chi connectivity index (χ1n) is 10.3. The zero-order valence-electron chi connectivity index (χ0n) is 18.4. The quantitative estimate of drug-likeness (QED) is 0.455. The van der Waals surface area contributed by atoms with E-state index in [1.54, 1.807) is 0 Å². The molecule has 0 fully saturated rings. The zero-order chi connectivity index (χ0) is 24.3. The average molecular weight is 466 g/mol. The van der Waals surface area contributed by atoms with E-state index in [-0.39, 0.29) is 24.9 Å². The summed E-state index contributed by atoms with van der Waals surface area (Å²) < 4.78 is 14.9. The Bertz CT molecular complexity index is 1200. The van der Waals surface area contributed by atoms with Crippen molar-refractivity contribution in [2.75, 3.05) is 25.6 Å². The lowest BCUT2D eigenvalue weighted by atomic mass is 9.98. The van der Waals surface area contributed by atoms with Crippen molar-refractivity contribution in [3.8, 4) is 11.1 Å². The van der Waals surface area contributed by atoms with Crippen molar-refractivity contribution in [3.05, 3.63) is 65.4 Å². The van der Waals surface area contributed by atoms with E-state index < -0.39 is 29.2 Å². The van der Waals surface area contributed by atoms with E-state index in [0.29, 0.717) is 0 Å². The monoisotopic (exact) mass is 466 g/mol. The van der Waals surface area contributed by atoms with Crippen LogP contribution in [0.5, 0.6) is 0 Å². The number of carboxylic acids is 1. The van der Waals surface area contributed by atoms with Gasteiger partial charge < -0.3 is 19.9 Å². The smallest absolute Gasteiger partial charge is 0.412 e. The Labute approximate surface area is 194 Å². The summed E-state index contributed by atoms with van der Waals surface area (Å²) in [5, 5.41) is 21.0. The van der Waals surface area contributed by atoms with Gasteiger partial charge in [-0.15, -0.1) is 0 Å². The Morgan fingerprint density at radius 2 is 1.68 bits per heavy atom. The number of rotatable bonds is 8. The summed E-state index contributed by atoms with van der Waals surface area (Å²) in [6, 6.07) is 15.8. The molecule has 11 nitrogen and oxygen atoms in total. The number of ether oxygens (including phenoxy) is 2. The molecule has 1 aromatic heterocycles. The molecule has 1 aliphatic rings. The number of methoxy groups -OCH3 is 1. The van der Waals surface area contributed by atoms with Gasteiger partial charge in [-0.3, -0.25) is 10.1 Å². The first-order chi connectivity index (χ1) is 16.3. The average Bonchev–Trinajstić information content (AvgIpc) is 3.40. The van der Waals surface area contributed by atoms with Gasteiger partial charge in [-0.1, -0.05) is 48.5 Å². The second-order valence-corrected chi connectivity index (χ2v) is 7.94. The molecule has 34 heavy (non-hydrogen) atoms. The summed E-state index contributed by atoms with van der Waals surface area (Å²) in [4.78, 5) is 36.6. The molecule has 0 aliphatic heterocycles. The first kappa shape index (κ1) is 22.9. The number of fused-ring (bicyclic) bond motifs is 3. The van der Waals surface area contributed by atoms with Crippen molar-refractivity contribution in [2.45, 2.75) is 18.4 Å². The highest BCUT2D eigenvalue weighted by Crippen LogP contribution is 2.44. The molecule has 0 bridgehead atoms. The van der Waals surface area contributed by atoms with Crippen LogP contribution in [0.4, 0.5) is 10.6 Å². The standard InChI is InChI=1S/C23H22N4O7/c1-23(12-32-2,21(29)30)25-20(28)18-19(27-34-26-18)24-22(31)33-11-17-15-9-5-3-7-13(15)14-8-4-6-10-16(14)17/h3-10,17H,11-12H2,1-2H3,(H,25,28)(H,29,30)(H,24,27,31). The topological polar surface area (TPSA) is 153 Å². The summed E-state index contributed by atoms with van der Waals surface area (Å²) in [6.45, 7) is 1.02. The summed E-state index contributed by atoms with van der Waals surface area (Å²) in [7, 11) is 1.30. The second kappa shape index (κ2) is 9.32. The van der Waals surface area contributed by atoms with Gasteiger partial charge >= 0.3 is 12.1 Å². The normalized spacial score (nSPS) is 13.9. The van der Waals surface area contributed by atoms with Crippen LogP contribution < -0.4 is 10.6 Å². The number of aromatic nitrogens is 2. The van der Waals surface area contributed by atoms with E-state index in [1.165, 1.54) is 14.0 Å². The molecule has 1 unspecified atom stereocenters. The predicted octanol–water partition coefficient (Wildman–Crippen LogP) is 2.65. The van der Waals surface area contributed by atoms with E-state index in [2.05, 4.69) is 25.6 Å². The number of anilines is 1. The highest BCUT2D eigenvalue weighted by Gasteiger charge is 2.37. The molecule has 3 N–H and O–H groups in total. The van der Waals surface area contributed by atoms with Crippen LogP contribution in [0.3, 0.4) is 0 Å². The first-order valence-corrected chi connectivity index (χ1v) is 10.3. The maximum Gasteiger partial charge on any atom is 0.412 e. The van der Waals surface area contributed by atoms with Crippen molar-refractivity contribution in [3.63, 3.8) is 0 Å². The van der Waals surface area contributed by atoms with E-state index in [1.807, 2.05) is 48.5 Å². The third-order valence-corrected chi connectivity index (χ3v) is 5.56. The number of hydrogen-bond acceptors (Lipinski definition) is 8. The van der Waals surface area contributed by atoms with E-state index >= 15 is 0 Å². The number of benzene rings is 2. The summed E-state index contributed by atoms with van der Waals surface area (Å²) in [6.07, 6.45) is -0.871. The number of aliphatic carboxylic acids is 1. The van der Waals surface area contributed by atoms with Gasteiger partial charge in [-0.25, -0.2) is 14.2 Å². The van der Waals surface area contributed by atoms with Crippen LogP contribution in [0.2, 0.25) is 0 Å². The van der Waals surface area contributed by atoms with Gasteiger partial charge in [0.05, 0.1) is 6.61 Å². The van der Waals surface area contributed by atoms with Crippen molar-refractivity contribution in [2.24, 2.45) is 0 Å². The fourth-order valence-corrected chi connectivity index (χ4v) is 3.90. The van der Waals surface area contributed by atoms with Crippen LogP contribution in [0, 0.1) is 0 Å². The SMILES string of the molecule is COCC(C)(NC(=O)c1nonc1NC(=O)OCC1c2ccccc2-c2ccccc21)C(=O)O. The number of hydrogen-bond donors (Lipinski definition) is 3. The third-order valence-electron chi connectivity index (χ3n) is 5.56. The molecule has 1 heterocycles. The largest absolute Gasteiger partial charge is 0.479 e. The molecule has 3 aromatic rings. The Morgan fingerprint density at radius 3 is 2.26 bits per heavy atom. The summed E-state index contributed by atoms with van der Waals surface area (Å²) in [5.41, 5.74) is 2.13. The van der Waals surface area contributed by atoms with Crippen molar-refractivity contribution in [1.82, 2.24) is 15.6 Å². The highest BCUT2D eigenvalue weighted by atomic mass is 16.6. The van der Waals surface area contributed by atoms with E-state index in [4.69, 9.17) is 9.47 Å². The van der Waals surface area contributed by atoms with Crippen molar-refractivity contribution < 1.29 is 33.6 Å². The molecular weight excluding hydrogens is 444 g/mol. The van der Waals surface area contributed by atoms with Crippen LogP contribution in [-0.2, 0) is 14.3 Å². The molecule has 2 aromatic carbocycles. The molecule has 11 heteroatoms. The lowest BCUT2D eigenvalue weighted by Crippen LogP contribution is -2.55. The van der Waals surface area contributed by atoms with Crippen molar-refractivity contribution in [1.29, 1.82) is 0 Å². The van der Waals surface area contributed by atoms with Gasteiger partial charge in [0.2, 0.25) is 11.5 Å². The van der Waals surface area contributed by atoms with Crippen LogP contribution >= 0.6 is 0 Å². The van der Waals surface area contributed by atoms with Crippen molar-refractivity contribution >= 4 is 23.8 Å². The Kier molecular flexibility index (Phi) is 6.28. The number of carboxylic acid groups (broad SMARTS) is 1. The molecule has 0 spiro atoms. The van der Waals surface area contributed by atoms with Gasteiger partial charge in [-0.2, -0.15) is 0 Å². The Morgan fingerprint density at radius 1 is 1.06 bits per heavy atom. The number of carbonyl (C=O) groups excluding carboxylic acids is 2. The Balaban J connectivity index is 1.43. The van der Waals surface area contributed by atoms with E-state index in [9.17, 15) is 19.5 Å². The van der Waals surface area contributed by atoms with Crippen LogP contribution in [0.25, 0.3) is 11.1 Å². The zero-order valence-corrected chi connectivity index (χ0v) is 18.4. The lowest BCUT2D eigenvalue weighted by molar-refractivity contribution is -0.145. The van der Waals surface area contributed by atoms with Crippen LogP contribution in [0.1, 0.15) is 34.5 Å². The summed E-state index contributed by atoms with van der Waals surface area (Å²) >= 11 is 0. The maximum atomic E-state index is 12.6. The fourth-order valence-electron chi connectivity index (χ4n) is 3.90. The Hall–Kier alpha value is -4.25. The van der Waals surface area contributed by atoms with Gasteiger partial charge in [0.1, 0.15) is 6.61 Å². The molecule has 2 amide bonds. The third kappa shape index (κ3) is 4.33. The minimum atomic E-state index is -1.73. The molecule has 0 saturated carbocycles. The molecule has 0 radical (unpaired) electrons. The molecule has 4 rings (SSSR count). The van der Waals surface area contributed by atoms with E-state index in [0.717, 1.165) is 22.3 Å². The minimum Gasteiger partial charge on any atom is -0.479 e. The molecular formula is C23H22N4O7. The minimum absolute atomic E-state index is 0.0532. The highest BCUT2D eigenvalue weighted by molar-refractivity contribution is 6.01. The lowest BCUT2D eigenvalue weighted by Gasteiger charge is -2.24. The number of nitrogens with zero attached hydrogens (tertiary/aromatic N) is 2. The molecule has 0 saturated heterocycles. The maximum absolute atomic E-state index is 12.6. The van der Waals surface area contributed by atoms with Gasteiger partial charge in [0.15, 0.2) is 5.54 Å². The summed E-state index contributed by atoms with van der Waals surface area (Å²) in [5.74, 6) is -2.69. The van der Waals surface area contributed by atoms with Crippen LogP contribution in [-0.4, -0.2) is 59.3 Å². The fraction of sp³-hybridized carbons (Fsp3) is 0.261. The van der Waals surface area contributed by atoms with Gasteiger partial charge in [0, 0.05) is 13.0 Å². The molecule has 1 atom stereocenters. The number of carbonyl (C=O) groups is 3.